The van der Waals surface area contributed by atoms with Crippen molar-refractivity contribution in [1.82, 2.24) is 4.98 Å². The Hall–Kier alpha value is -0.820. The maximum atomic E-state index is 12.9. The highest BCUT2D eigenvalue weighted by atomic mass is 79.9. The van der Waals surface area contributed by atoms with Crippen molar-refractivity contribution in [1.29, 1.82) is 0 Å². The van der Waals surface area contributed by atoms with E-state index in [1.165, 1.54) is 6.20 Å². The summed E-state index contributed by atoms with van der Waals surface area (Å²) in [6.45, 7) is 0.0880. The molecule has 2 N–H and O–H groups in total. The van der Waals surface area contributed by atoms with E-state index < -0.39 is 17.3 Å². The molecule has 0 atom stereocenters. The van der Waals surface area contributed by atoms with Crippen LogP contribution in [0.15, 0.2) is 16.7 Å². The summed E-state index contributed by atoms with van der Waals surface area (Å²) in [5.41, 5.74) is -1.75. The summed E-state index contributed by atoms with van der Waals surface area (Å²) in [5.74, 6) is -0.240. The normalized spacial score (nSPS) is 18.6. The molecule has 106 valence electrons. The Morgan fingerprint density at radius 1 is 1.37 bits per heavy atom. The third-order valence-corrected chi connectivity index (χ3v) is 3.71. The largest absolute Gasteiger partial charge is 0.419 e. The van der Waals surface area contributed by atoms with Crippen LogP contribution in [0, 0.1) is 0 Å². The van der Waals surface area contributed by atoms with Crippen LogP contribution in [-0.2, 0) is 6.18 Å². The molecule has 0 spiro atoms. The molecule has 1 aliphatic rings. The summed E-state index contributed by atoms with van der Waals surface area (Å²) < 4.78 is 38.9. The second kappa shape index (κ2) is 5.28. The zero-order valence-corrected chi connectivity index (χ0v) is 11.7. The Labute approximate surface area is 117 Å². The molecule has 19 heavy (non-hydrogen) atoms. The Morgan fingerprint density at radius 2 is 2.00 bits per heavy atom. The van der Waals surface area contributed by atoms with Crippen LogP contribution in [-0.4, -0.2) is 22.2 Å². The third-order valence-electron chi connectivity index (χ3n) is 3.28. The standard InChI is InChI=1S/C12H14BrF3N2O/c13-8-5-9(12(14,15)16)10(17-6-8)18-7-11(19)3-1-2-4-11/h5-6,19H,1-4,7H2,(H,17,18). The Morgan fingerprint density at radius 3 is 2.58 bits per heavy atom. The molecular weight excluding hydrogens is 325 g/mol. The molecule has 0 aromatic carbocycles. The molecule has 0 amide bonds. The van der Waals surface area contributed by atoms with Gasteiger partial charge in [0.15, 0.2) is 0 Å². The van der Waals surface area contributed by atoms with Gasteiger partial charge in [0, 0.05) is 17.2 Å². The van der Waals surface area contributed by atoms with E-state index in [4.69, 9.17) is 0 Å². The first-order chi connectivity index (χ1) is 8.80. The van der Waals surface area contributed by atoms with Crippen molar-refractivity contribution in [2.75, 3.05) is 11.9 Å². The molecule has 1 aromatic heterocycles. The van der Waals surface area contributed by atoms with E-state index in [1.807, 2.05) is 0 Å². The predicted molar refractivity (Wildman–Crippen MR) is 68.8 cm³/mol. The van der Waals surface area contributed by atoms with Crippen LogP contribution in [0.2, 0.25) is 0 Å². The summed E-state index contributed by atoms with van der Waals surface area (Å²) in [4.78, 5) is 3.75. The van der Waals surface area contributed by atoms with Crippen molar-refractivity contribution in [3.63, 3.8) is 0 Å². The molecular formula is C12H14BrF3N2O. The number of alkyl halides is 3. The summed E-state index contributed by atoms with van der Waals surface area (Å²) in [5, 5.41) is 12.7. The highest BCUT2D eigenvalue weighted by Crippen LogP contribution is 2.36. The lowest BCUT2D eigenvalue weighted by atomic mass is 10.0. The molecule has 7 heteroatoms. The van der Waals surface area contributed by atoms with Gasteiger partial charge in [0.2, 0.25) is 0 Å². The minimum atomic E-state index is -4.47. The lowest BCUT2D eigenvalue weighted by Crippen LogP contribution is -2.34. The molecule has 0 unspecified atom stereocenters. The molecule has 3 nitrogen and oxygen atoms in total. The number of nitrogens with zero attached hydrogens (tertiary/aromatic N) is 1. The zero-order chi connectivity index (χ0) is 14.1. The lowest BCUT2D eigenvalue weighted by molar-refractivity contribution is -0.137. The molecule has 2 rings (SSSR count). The number of hydrogen-bond donors (Lipinski definition) is 2. The summed E-state index contributed by atoms with van der Waals surface area (Å²) in [6, 6.07) is 0.980. The SMILES string of the molecule is OC1(CNc2ncc(Br)cc2C(F)(F)F)CCCC1. The van der Waals surface area contributed by atoms with Crippen molar-refractivity contribution in [3.05, 3.63) is 22.3 Å². The van der Waals surface area contributed by atoms with Gasteiger partial charge in [-0.05, 0) is 34.8 Å². The average Bonchev–Trinajstić information content (AvgIpc) is 2.74. The summed E-state index contributed by atoms with van der Waals surface area (Å²) >= 11 is 2.98. The predicted octanol–water partition coefficient (Wildman–Crippen LogP) is 3.58. The van der Waals surface area contributed by atoms with Crippen LogP contribution >= 0.6 is 15.9 Å². The maximum absolute atomic E-state index is 12.9. The van der Waals surface area contributed by atoms with Gasteiger partial charge >= 0.3 is 6.18 Å². The fraction of sp³-hybridized carbons (Fsp3) is 0.583. The van der Waals surface area contributed by atoms with Gasteiger partial charge in [0.1, 0.15) is 5.82 Å². The van der Waals surface area contributed by atoms with Gasteiger partial charge in [-0.25, -0.2) is 4.98 Å². The minimum Gasteiger partial charge on any atom is -0.388 e. The first kappa shape index (κ1) is 14.6. The number of nitrogens with one attached hydrogen (secondary N) is 1. The number of hydrogen-bond acceptors (Lipinski definition) is 3. The summed E-state index contributed by atoms with van der Waals surface area (Å²) in [6.07, 6.45) is -0.153. The number of aliphatic hydroxyl groups is 1. The Balaban J connectivity index is 2.16. The van der Waals surface area contributed by atoms with Crippen LogP contribution in [0.5, 0.6) is 0 Å². The molecule has 1 aromatic rings. The Bertz CT molecular complexity index is 459. The van der Waals surface area contributed by atoms with Crippen molar-refractivity contribution >= 4 is 21.7 Å². The van der Waals surface area contributed by atoms with Crippen LogP contribution in [0.1, 0.15) is 31.2 Å². The molecule has 1 fully saturated rings. The first-order valence-corrected chi connectivity index (χ1v) is 6.78. The highest BCUT2D eigenvalue weighted by molar-refractivity contribution is 9.10. The van der Waals surface area contributed by atoms with Crippen LogP contribution < -0.4 is 5.32 Å². The van der Waals surface area contributed by atoms with Gasteiger partial charge in [-0.15, -0.1) is 0 Å². The van der Waals surface area contributed by atoms with Gasteiger partial charge in [-0.2, -0.15) is 13.2 Å². The highest BCUT2D eigenvalue weighted by Gasteiger charge is 2.36. The average molecular weight is 339 g/mol. The van der Waals surface area contributed by atoms with Gasteiger partial charge in [-0.1, -0.05) is 12.8 Å². The van der Waals surface area contributed by atoms with E-state index in [0.717, 1.165) is 18.9 Å². The molecule has 1 saturated carbocycles. The number of halogens is 4. The first-order valence-electron chi connectivity index (χ1n) is 5.99. The van der Waals surface area contributed by atoms with Crippen molar-refractivity contribution in [2.45, 2.75) is 37.5 Å². The lowest BCUT2D eigenvalue weighted by Gasteiger charge is -2.23. The zero-order valence-electron chi connectivity index (χ0n) is 10.1. The molecule has 0 aliphatic heterocycles. The van der Waals surface area contributed by atoms with Gasteiger partial charge in [0.25, 0.3) is 0 Å². The fourth-order valence-electron chi connectivity index (χ4n) is 2.25. The van der Waals surface area contributed by atoms with E-state index >= 15 is 0 Å². The smallest absolute Gasteiger partial charge is 0.388 e. The molecule has 1 heterocycles. The van der Waals surface area contributed by atoms with Gasteiger partial charge < -0.3 is 10.4 Å². The van der Waals surface area contributed by atoms with E-state index in [-0.39, 0.29) is 16.8 Å². The van der Waals surface area contributed by atoms with E-state index in [2.05, 4.69) is 26.2 Å². The monoisotopic (exact) mass is 338 g/mol. The number of anilines is 1. The van der Waals surface area contributed by atoms with Crippen molar-refractivity contribution < 1.29 is 18.3 Å². The molecule has 1 aliphatic carbocycles. The molecule has 0 saturated heterocycles. The second-order valence-electron chi connectivity index (χ2n) is 4.83. The topological polar surface area (TPSA) is 45.1 Å². The van der Waals surface area contributed by atoms with Crippen molar-refractivity contribution in [3.8, 4) is 0 Å². The Kier molecular flexibility index (Phi) is 4.06. The van der Waals surface area contributed by atoms with E-state index in [1.54, 1.807) is 0 Å². The maximum Gasteiger partial charge on any atom is 0.419 e. The van der Waals surface area contributed by atoms with Crippen LogP contribution in [0.25, 0.3) is 0 Å². The number of rotatable bonds is 3. The molecule has 0 bridgehead atoms. The van der Waals surface area contributed by atoms with Gasteiger partial charge in [-0.3, -0.25) is 0 Å². The van der Waals surface area contributed by atoms with E-state index in [0.29, 0.717) is 12.8 Å². The third kappa shape index (κ3) is 3.60. The number of pyridine rings is 1. The van der Waals surface area contributed by atoms with Crippen LogP contribution in [0.3, 0.4) is 0 Å². The fourth-order valence-corrected chi connectivity index (χ4v) is 2.59. The minimum absolute atomic E-state index is 0.0880. The van der Waals surface area contributed by atoms with Crippen molar-refractivity contribution in [2.24, 2.45) is 0 Å². The molecule has 0 radical (unpaired) electrons. The van der Waals surface area contributed by atoms with E-state index in [9.17, 15) is 18.3 Å². The van der Waals surface area contributed by atoms with Crippen LogP contribution in [0.4, 0.5) is 19.0 Å². The quantitative estimate of drug-likeness (QED) is 0.885. The number of aromatic nitrogens is 1. The summed E-state index contributed by atoms with van der Waals surface area (Å²) in [7, 11) is 0. The van der Waals surface area contributed by atoms with Gasteiger partial charge in [0.05, 0.1) is 11.2 Å². The second-order valence-corrected chi connectivity index (χ2v) is 5.75.